The zero-order chi connectivity index (χ0) is 19.5. The van der Waals surface area contributed by atoms with E-state index >= 15 is 0 Å². The first-order valence-corrected chi connectivity index (χ1v) is 10.1. The number of benzene rings is 2. The molecule has 1 atom stereocenters. The van der Waals surface area contributed by atoms with Gasteiger partial charge < -0.3 is 19.5 Å². The van der Waals surface area contributed by atoms with E-state index in [1.54, 1.807) is 0 Å². The zero-order valence-electron chi connectivity index (χ0n) is 16.3. The number of nitrogens with zero attached hydrogens (tertiary/aromatic N) is 2. The molecule has 0 saturated heterocycles. The number of rotatable bonds is 4. The molecule has 5 heteroatoms. The quantitative estimate of drug-likeness (QED) is 0.634. The summed E-state index contributed by atoms with van der Waals surface area (Å²) in [5.41, 5.74) is 4.75. The van der Waals surface area contributed by atoms with Crippen molar-refractivity contribution in [2.45, 2.75) is 26.4 Å². The highest BCUT2D eigenvalue weighted by atomic mass is 32.1. The van der Waals surface area contributed by atoms with Crippen molar-refractivity contribution in [2.75, 3.05) is 18.5 Å². The Morgan fingerprint density at radius 3 is 2.54 bits per heavy atom. The molecule has 2 aromatic carbocycles. The van der Waals surface area contributed by atoms with Gasteiger partial charge in [0.2, 0.25) is 0 Å². The van der Waals surface area contributed by atoms with E-state index in [-0.39, 0.29) is 6.04 Å². The summed E-state index contributed by atoms with van der Waals surface area (Å²) < 4.78 is 7.84. The van der Waals surface area contributed by atoms with Gasteiger partial charge in [0.25, 0.3) is 0 Å². The van der Waals surface area contributed by atoms with E-state index in [1.807, 2.05) is 31.2 Å². The fourth-order valence-electron chi connectivity index (χ4n) is 3.70. The predicted octanol–water partition coefficient (Wildman–Crippen LogP) is 5.00. The number of aromatic nitrogens is 1. The summed E-state index contributed by atoms with van der Waals surface area (Å²) >= 11 is 5.82. The number of hydrogen-bond donors (Lipinski definition) is 1. The van der Waals surface area contributed by atoms with Gasteiger partial charge in [0.15, 0.2) is 5.11 Å². The molecule has 1 aliphatic rings. The number of hydrogen-bond acceptors (Lipinski definition) is 2. The van der Waals surface area contributed by atoms with Gasteiger partial charge in [-0.05, 0) is 68.0 Å². The molecule has 0 saturated carbocycles. The minimum Gasteiger partial charge on any atom is -0.494 e. The van der Waals surface area contributed by atoms with Crippen molar-refractivity contribution in [1.29, 1.82) is 0 Å². The Balaban J connectivity index is 1.59. The van der Waals surface area contributed by atoms with Crippen LogP contribution in [0.5, 0.6) is 5.75 Å². The molecule has 3 aromatic rings. The molecule has 0 spiro atoms. The third kappa shape index (κ3) is 3.76. The van der Waals surface area contributed by atoms with Gasteiger partial charge in [0.1, 0.15) is 5.75 Å². The molecular formula is C23H25N3OS. The smallest absolute Gasteiger partial charge is 0.174 e. The second-order valence-electron chi connectivity index (χ2n) is 7.02. The minimum atomic E-state index is 0.104. The third-order valence-electron chi connectivity index (χ3n) is 5.11. The molecule has 144 valence electrons. The lowest BCUT2D eigenvalue weighted by Crippen LogP contribution is -2.44. The molecule has 1 aromatic heterocycles. The molecule has 2 heterocycles. The van der Waals surface area contributed by atoms with Crippen molar-refractivity contribution < 1.29 is 4.74 Å². The maximum atomic E-state index is 5.82. The SMILES string of the molecule is CCOc1ccc(NC(=S)N2CCn3cccc3C2c2ccc(C)cc2)cc1. The normalized spacial score (nSPS) is 15.8. The molecule has 0 fully saturated rings. The van der Waals surface area contributed by atoms with Crippen LogP contribution < -0.4 is 10.1 Å². The number of thiocarbonyl (C=S) groups is 1. The molecule has 1 N–H and O–H groups in total. The van der Waals surface area contributed by atoms with Crippen LogP contribution in [0.15, 0.2) is 66.9 Å². The van der Waals surface area contributed by atoms with E-state index in [2.05, 4.69) is 64.3 Å². The molecule has 4 rings (SSSR count). The van der Waals surface area contributed by atoms with Gasteiger partial charge in [-0.25, -0.2) is 0 Å². The van der Waals surface area contributed by atoms with Crippen molar-refractivity contribution >= 4 is 23.0 Å². The Hall–Kier alpha value is -2.79. The number of ether oxygens (including phenoxy) is 1. The second-order valence-corrected chi connectivity index (χ2v) is 7.41. The number of nitrogens with one attached hydrogen (secondary N) is 1. The average Bonchev–Trinajstić information content (AvgIpc) is 3.18. The van der Waals surface area contributed by atoms with Crippen molar-refractivity contribution in [3.63, 3.8) is 0 Å². The molecule has 1 aliphatic heterocycles. The van der Waals surface area contributed by atoms with E-state index in [0.717, 1.165) is 29.6 Å². The first-order chi connectivity index (χ1) is 13.7. The summed E-state index contributed by atoms with van der Waals surface area (Å²) in [5, 5.41) is 4.15. The first-order valence-electron chi connectivity index (χ1n) is 9.68. The number of fused-ring (bicyclic) bond motifs is 1. The van der Waals surface area contributed by atoms with Gasteiger partial charge in [-0.15, -0.1) is 0 Å². The highest BCUT2D eigenvalue weighted by Gasteiger charge is 2.30. The van der Waals surface area contributed by atoms with Gasteiger partial charge in [0.05, 0.1) is 12.6 Å². The molecule has 0 aliphatic carbocycles. The molecule has 28 heavy (non-hydrogen) atoms. The predicted molar refractivity (Wildman–Crippen MR) is 118 cm³/mol. The van der Waals surface area contributed by atoms with Crippen LogP contribution in [-0.2, 0) is 6.54 Å². The summed E-state index contributed by atoms with van der Waals surface area (Å²) in [4.78, 5) is 2.28. The third-order valence-corrected chi connectivity index (χ3v) is 5.45. The van der Waals surface area contributed by atoms with Gasteiger partial charge in [0, 0.05) is 30.7 Å². The summed E-state index contributed by atoms with van der Waals surface area (Å²) in [5.74, 6) is 0.868. The van der Waals surface area contributed by atoms with Crippen LogP contribution in [0.3, 0.4) is 0 Å². The maximum absolute atomic E-state index is 5.82. The number of aryl methyl sites for hydroxylation is 1. The van der Waals surface area contributed by atoms with Crippen molar-refractivity contribution in [1.82, 2.24) is 9.47 Å². The molecular weight excluding hydrogens is 366 g/mol. The van der Waals surface area contributed by atoms with Crippen molar-refractivity contribution in [3.8, 4) is 5.75 Å². The monoisotopic (exact) mass is 391 g/mol. The van der Waals surface area contributed by atoms with Crippen LogP contribution in [0.4, 0.5) is 5.69 Å². The molecule has 1 unspecified atom stereocenters. The Bertz CT molecular complexity index is 947. The second kappa shape index (κ2) is 8.07. The summed E-state index contributed by atoms with van der Waals surface area (Å²) in [6, 6.07) is 21.1. The Labute approximate surface area is 171 Å². The summed E-state index contributed by atoms with van der Waals surface area (Å²) in [6.45, 7) is 6.55. The fourth-order valence-corrected chi connectivity index (χ4v) is 4.01. The zero-order valence-corrected chi connectivity index (χ0v) is 17.1. The molecule has 4 nitrogen and oxygen atoms in total. The molecule has 0 bridgehead atoms. The van der Waals surface area contributed by atoms with Crippen LogP contribution in [0.2, 0.25) is 0 Å². The minimum absolute atomic E-state index is 0.104. The van der Waals surface area contributed by atoms with Crippen LogP contribution in [0, 0.1) is 6.92 Å². The summed E-state index contributed by atoms with van der Waals surface area (Å²) in [7, 11) is 0. The van der Waals surface area contributed by atoms with E-state index in [1.165, 1.54) is 16.8 Å². The maximum Gasteiger partial charge on any atom is 0.174 e. The number of anilines is 1. The Morgan fingerprint density at radius 2 is 1.82 bits per heavy atom. The topological polar surface area (TPSA) is 29.4 Å². The van der Waals surface area contributed by atoms with Gasteiger partial charge in [-0.1, -0.05) is 29.8 Å². The highest BCUT2D eigenvalue weighted by molar-refractivity contribution is 7.80. The van der Waals surface area contributed by atoms with Gasteiger partial charge >= 0.3 is 0 Å². The largest absolute Gasteiger partial charge is 0.494 e. The van der Waals surface area contributed by atoms with E-state index in [4.69, 9.17) is 17.0 Å². The first kappa shape index (κ1) is 18.6. The average molecular weight is 392 g/mol. The fraction of sp³-hybridized carbons (Fsp3) is 0.261. The standard InChI is InChI=1S/C23H25N3OS/c1-3-27-20-12-10-19(11-13-20)24-23(28)26-16-15-25-14-4-5-21(25)22(26)18-8-6-17(2)7-9-18/h4-14,22H,3,15-16H2,1-2H3,(H,24,28). The summed E-state index contributed by atoms with van der Waals surface area (Å²) in [6.07, 6.45) is 2.15. The highest BCUT2D eigenvalue weighted by Crippen LogP contribution is 2.33. The van der Waals surface area contributed by atoms with Crippen LogP contribution >= 0.6 is 12.2 Å². The lowest BCUT2D eigenvalue weighted by Gasteiger charge is -2.39. The van der Waals surface area contributed by atoms with Gasteiger partial charge in [-0.3, -0.25) is 0 Å². The lowest BCUT2D eigenvalue weighted by molar-refractivity contribution is 0.293. The van der Waals surface area contributed by atoms with Crippen LogP contribution in [0.25, 0.3) is 0 Å². The van der Waals surface area contributed by atoms with Gasteiger partial charge in [-0.2, -0.15) is 0 Å². The van der Waals surface area contributed by atoms with Crippen LogP contribution in [0.1, 0.15) is 29.8 Å². The Morgan fingerprint density at radius 1 is 1.07 bits per heavy atom. The molecule has 0 radical (unpaired) electrons. The van der Waals surface area contributed by atoms with E-state index in [0.29, 0.717) is 6.61 Å². The Kier molecular flexibility index (Phi) is 5.35. The van der Waals surface area contributed by atoms with Crippen molar-refractivity contribution in [2.24, 2.45) is 0 Å². The van der Waals surface area contributed by atoms with E-state index < -0.39 is 0 Å². The lowest BCUT2D eigenvalue weighted by atomic mass is 9.99. The molecule has 0 amide bonds. The van der Waals surface area contributed by atoms with Crippen molar-refractivity contribution in [3.05, 3.63) is 83.7 Å². The van der Waals surface area contributed by atoms with Crippen LogP contribution in [-0.4, -0.2) is 27.7 Å². The van der Waals surface area contributed by atoms with E-state index in [9.17, 15) is 0 Å².